The van der Waals surface area contributed by atoms with Crippen molar-refractivity contribution in [3.63, 3.8) is 0 Å². The second-order valence-electron chi connectivity index (χ2n) is 3.72. The third-order valence-corrected chi connectivity index (χ3v) is 2.74. The fraction of sp³-hybridized carbons (Fsp3) is 0.571. The van der Waals surface area contributed by atoms with E-state index < -0.39 is 0 Å². The Kier molecular flexibility index (Phi) is 6.85. The average molecular weight is 208 g/mol. The zero-order valence-corrected chi connectivity index (χ0v) is 11.0. The van der Waals surface area contributed by atoms with Gasteiger partial charge in [0.15, 0.2) is 0 Å². The van der Waals surface area contributed by atoms with Crippen LogP contribution in [0.1, 0.15) is 47.5 Å². The molecule has 86 valence electrons. The molecule has 0 unspecified atom stereocenters. The molecule has 0 amide bonds. The summed E-state index contributed by atoms with van der Waals surface area (Å²) in [5, 5.41) is 0. The van der Waals surface area contributed by atoms with E-state index in [0.29, 0.717) is 0 Å². The molecule has 0 aliphatic carbocycles. The summed E-state index contributed by atoms with van der Waals surface area (Å²) in [6, 6.07) is 0. The van der Waals surface area contributed by atoms with Gasteiger partial charge < -0.3 is 4.74 Å². The third kappa shape index (κ3) is 4.37. The van der Waals surface area contributed by atoms with E-state index in [0.717, 1.165) is 18.6 Å². The van der Waals surface area contributed by atoms with Crippen LogP contribution in [-0.2, 0) is 4.74 Å². The molecular weight excluding hydrogens is 184 g/mol. The Bertz CT molecular complexity index is 274. The van der Waals surface area contributed by atoms with Crippen molar-refractivity contribution in [1.29, 1.82) is 0 Å². The molecule has 0 heterocycles. The maximum absolute atomic E-state index is 5.36. The van der Waals surface area contributed by atoms with Gasteiger partial charge in [0.05, 0.1) is 12.9 Å². The maximum atomic E-state index is 5.36. The fourth-order valence-electron chi connectivity index (χ4n) is 1.49. The zero-order valence-electron chi connectivity index (χ0n) is 11.0. The summed E-state index contributed by atoms with van der Waals surface area (Å²) >= 11 is 0. The Hall–Kier alpha value is -0.980. The van der Waals surface area contributed by atoms with Gasteiger partial charge >= 0.3 is 0 Å². The summed E-state index contributed by atoms with van der Waals surface area (Å²) in [6.07, 6.45) is 6.40. The first-order valence-electron chi connectivity index (χ1n) is 5.66. The van der Waals surface area contributed by atoms with Crippen molar-refractivity contribution in [3.8, 4) is 0 Å². The Balaban J connectivity index is 5.04. The standard InChI is InChI=1S/C14H24O/c1-7-9-10-11(3)12(4)13(5)14(8-2)15-6/h9-10H,7-8H2,1-6H3. The average Bonchev–Trinajstić information content (AvgIpc) is 2.26. The third-order valence-electron chi connectivity index (χ3n) is 2.74. The van der Waals surface area contributed by atoms with Gasteiger partial charge in [0.2, 0.25) is 0 Å². The second-order valence-corrected chi connectivity index (χ2v) is 3.72. The van der Waals surface area contributed by atoms with Crippen LogP contribution in [0.3, 0.4) is 0 Å². The summed E-state index contributed by atoms with van der Waals surface area (Å²) < 4.78 is 5.36. The lowest BCUT2D eigenvalue weighted by Crippen LogP contribution is -1.93. The summed E-state index contributed by atoms with van der Waals surface area (Å²) in [5.74, 6) is 1.08. The highest BCUT2D eigenvalue weighted by molar-refractivity contribution is 5.37. The number of hydrogen-bond acceptors (Lipinski definition) is 1. The predicted octanol–water partition coefficient (Wildman–Crippen LogP) is 4.62. The summed E-state index contributed by atoms with van der Waals surface area (Å²) in [4.78, 5) is 0. The number of allylic oxidation sites excluding steroid dienone is 6. The molecule has 0 aromatic carbocycles. The zero-order chi connectivity index (χ0) is 11.8. The Morgan fingerprint density at radius 1 is 1.07 bits per heavy atom. The van der Waals surface area contributed by atoms with Crippen LogP contribution in [0.4, 0.5) is 0 Å². The minimum absolute atomic E-state index is 0.949. The predicted molar refractivity (Wildman–Crippen MR) is 67.8 cm³/mol. The summed E-state index contributed by atoms with van der Waals surface area (Å²) in [7, 11) is 1.74. The SMILES string of the molecule is CCC=CC(C)=C(C)C(C)=C(CC)OC. The Morgan fingerprint density at radius 3 is 2.07 bits per heavy atom. The van der Waals surface area contributed by atoms with E-state index in [1.54, 1.807) is 7.11 Å². The molecule has 0 saturated heterocycles. The molecular formula is C14H24O. The molecule has 0 fully saturated rings. The lowest BCUT2D eigenvalue weighted by molar-refractivity contribution is 0.276. The van der Waals surface area contributed by atoms with Crippen LogP contribution in [0.5, 0.6) is 0 Å². The van der Waals surface area contributed by atoms with E-state index in [4.69, 9.17) is 4.74 Å². The second kappa shape index (κ2) is 7.33. The first-order valence-corrected chi connectivity index (χ1v) is 5.66. The van der Waals surface area contributed by atoms with Crippen molar-refractivity contribution in [2.24, 2.45) is 0 Å². The highest BCUT2D eigenvalue weighted by atomic mass is 16.5. The van der Waals surface area contributed by atoms with Crippen LogP contribution in [0, 0.1) is 0 Å². The molecule has 0 aliphatic heterocycles. The van der Waals surface area contributed by atoms with Crippen molar-refractivity contribution in [2.75, 3.05) is 7.11 Å². The quantitative estimate of drug-likeness (QED) is 0.473. The summed E-state index contributed by atoms with van der Waals surface area (Å²) in [5.41, 5.74) is 3.90. The van der Waals surface area contributed by atoms with Gasteiger partial charge in [-0.2, -0.15) is 0 Å². The lowest BCUT2D eigenvalue weighted by Gasteiger charge is -2.11. The van der Waals surface area contributed by atoms with Crippen LogP contribution in [-0.4, -0.2) is 7.11 Å². The molecule has 15 heavy (non-hydrogen) atoms. The molecule has 0 aromatic rings. The van der Waals surface area contributed by atoms with Gasteiger partial charge in [0, 0.05) is 6.42 Å². The Morgan fingerprint density at radius 2 is 1.67 bits per heavy atom. The van der Waals surface area contributed by atoms with Gasteiger partial charge in [-0.05, 0) is 43.9 Å². The minimum Gasteiger partial charge on any atom is -0.501 e. The van der Waals surface area contributed by atoms with E-state index in [2.05, 4.69) is 46.8 Å². The number of ether oxygens (including phenoxy) is 1. The fourth-order valence-corrected chi connectivity index (χ4v) is 1.49. The Labute approximate surface area is 94.5 Å². The number of rotatable bonds is 5. The number of methoxy groups -OCH3 is 1. The van der Waals surface area contributed by atoms with Crippen LogP contribution in [0.2, 0.25) is 0 Å². The molecule has 1 nitrogen and oxygen atoms in total. The minimum atomic E-state index is 0.949. The van der Waals surface area contributed by atoms with Crippen LogP contribution >= 0.6 is 0 Å². The highest BCUT2D eigenvalue weighted by Crippen LogP contribution is 2.20. The van der Waals surface area contributed by atoms with Gasteiger partial charge in [-0.15, -0.1) is 0 Å². The smallest absolute Gasteiger partial charge is 0.0984 e. The van der Waals surface area contributed by atoms with Gasteiger partial charge in [0.1, 0.15) is 0 Å². The van der Waals surface area contributed by atoms with Crippen molar-refractivity contribution < 1.29 is 4.74 Å². The maximum Gasteiger partial charge on any atom is 0.0984 e. The van der Waals surface area contributed by atoms with E-state index >= 15 is 0 Å². The molecule has 0 aromatic heterocycles. The molecule has 0 radical (unpaired) electrons. The van der Waals surface area contributed by atoms with Crippen LogP contribution < -0.4 is 0 Å². The van der Waals surface area contributed by atoms with E-state index in [1.807, 2.05) is 0 Å². The number of hydrogen-bond donors (Lipinski definition) is 0. The first-order chi connectivity index (χ1) is 7.08. The van der Waals surface area contributed by atoms with Crippen molar-refractivity contribution in [2.45, 2.75) is 47.5 Å². The van der Waals surface area contributed by atoms with Gasteiger partial charge in [-0.3, -0.25) is 0 Å². The van der Waals surface area contributed by atoms with Crippen molar-refractivity contribution >= 4 is 0 Å². The normalized spacial score (nSPS) is 15.1. The van der Waals surface area contributed by atoms with Crippen LogP contribution in [0.15, 0.2) is 34.6 Å². The molecule has 0 aliphatic rings. The molecule has 0 spiro atoms. The van der Waals surface area contributed by atoms with E-state index in [1.165, 1.54) is 16.7 Å². The monoisotopic (exact) mass is 208 g/mol. The molecule has 1 heteroatoms. The van der Waals surface area contributed by atoms with Crippen LogP contribution in [0.25, 0.3) is 0 Å². The molecule has 0 atom stereocenters. The topological polar surface area (TPSA) is 9.23 Å². The molecule has 0 rings (SSSR count). The molecule has 0 N–H and O–H groups in total. The van der Waals surface area contributed by atoms with E-state index in [9.17, 15) is 0 Å². The van der Waals surface area contributed by atoms with Gasteiger partial charge in [-0.1, -0.05) is 26.0 Å². The van der Waals surface area contributed by atoms with Gasteiger partial charge in [-0.25, -0.2) is 0 Å². The van der Waals surface area contributed by atoms with Gasteiger partial charge in [0.25, 0.3) is 0 Å². The lowest BCUT2D eigenvalue weighted by atomic mass is 10.0. The van der Waals surface area contributed by atoms with Crippen molar-refractivity contribution in [3.05, 3.63) is 34.6 Å². The van der Waals surface area contributed by atoms with E-state index in [-0.39, 0.29) is 0 Å². The highest BCUT2D eigenvalue weighted by Gasteiger charge is 2.03. The summed E-state index contributed by atoms with van der Waals surface area (Å²) in [6.45, 7) is 10.7. The first kappa shape index (κ1) is 14.0. The largest absolute Gasteiger partial charge is 0.501 e. The molecule has 0 saturated carbocycles. The van der Waals surface area contributed by atoms with Crippen molar-refractivity contribution in [1.82, 2.24) is 0 Å². The molecule has 0 bridgehead atoms.